The summed E-state index contributed by atoms with van der Waals surface area (Å²) in [5, 5.41) is 9.48. The van der Waals surface area contributed by atoms with Gasteiger partial charge in [0.2, 0.25) is 0 Å². The van der Waals surface area contributed by atoms with Gasteiger partial charge < -0.3 is 18.6 Å². The Hall–Kier alpha value is -6.60. The molecular weight excluding hydrogens is 701 g/mol. The zero-order valence-electron chi connectivity index (χ0n) is 28.5. The van der Waals surface area contributed by atoms with Crippen molar-refractivity contribution in [1.82, 2.24) is 9.13 Å². The molecule has 0 amide bonds. The first-order valence-corrected chi connectivity index (χ1v) is 19.7. The number of aromatic nitrogens is 2. The maximum atomic E-state index is 7.02. The third-order valence-corrected chi connectivity index (χ3v) is 13.6. The fourth-order valence-electron chi connectivity index (χ4n) is 8.94. The van der Waals surface area contributed by atoms with E-state index in [2.05, 4.69) is 167 Å². The van der Waals surface area contributed by atoms with Crippen LogP contribution in [0.25, 0.3) is 95.3 Å². The summed E-state index contributed by atoms with van der Waals surface area (Å²) in [6.45, 7) is 0. The molecule has 0 N–H and O–H groups in total. The monoisotopic (exact) mass is 726 g/mol. The van der Waals surface area contributed by atoms with Gasteiger partial charge in [0.25, 0.3) is 0 Å². The summed E-state index contributed by atoms with van der Waals surface area (Å²) in [4.78, 5) is 0. The molecular formula is C48H26N2O2S2. The molecule has 4 nitrogen and oxygen atoms in total. The predicted octanol–water partition coefficient (Wildman–Crippen LogP) is 14.5. The van der Waals surface area contributed by atoms with Crippen LogP contribution in [0.5, 0.6) is 23.0 Å². The van der Waals surface area contributed by atoms with Crippen molar-refractivity contribution in [2.45, 2.75) is 0 Å². The Morgan fingerprint density at radius 3 is 1.22 bits per heavy atom. The standard InChI is InChI=1S/C48H26N2O2S2/c1-5-17-33-31(13-1)43-35(49(33)37-19-9-15-29-27-11-3-7-21-41(27)53-47(29)37)23-25-39-45(43)51-40-26-24-36-44(46(40)52-39)32-14-2-6-18-34(32)50(36)38-20-10-16-30-28-12-4-8-22-42(28)54-48(30)38/h1-26H. The van der Waals surface area contributed by atoms with Crippen LogP contribution >= 0.6 is 22.7 Å². The van der Waals surface area contributed by atoms with Crippen LogP contribution < -0.4 is 9.47 Å². The summed E-state index contributed by atoms with van der Waals surface area (Å²) in [5.41, 5.74) is 6.77. The molecule has 4 aromatic heterocycles. The highest BCUT2D eigenvalue weighted by Crippen LogP contribution is 2.55. The van der Waals surface area contributed by atoms with Gasteiger partial charge in [-0.15, -0.1) is 22.7 Å². The molecule has 0 saturated heterocycles. The van der Waals surface area contributed by atoms with E-state index < -0.39 is 0 Å². The number of thiophene rings is 2. The van der Waals surface area contributed by atoms with Gasteiger partial charge in [0.05, 0.1) is 53.6 Å². The van der Waals surface area contributed by atoms with Crippen molar-refractivity contribution in [2.24, 2.45) is 0 Å². The lowest BCUT2D eigenvalue weighted by Gasteiger charge is -2.22. The molecule has 0 radical (unpaired) electrons. The SMILES string of the molecule is c1ccc2c(c1)sc1c(-n3c4ccccc4c4c5c(ccc43)Oc3c(ccc4c3c3ccccc3n4-c3cccc4c3sc3ccccc34)O5)cccc12. The topological polar surface area (TPSA) is 28.3 Å². The van der Waals surface area contributed by atoms with Crippen molar-refractivity contribution in [3.05, 3.63) is 158 Å². The van der Waals surface area contributed by atoms with Crippen molar-refractivity contribution in [3.63, 3.8) is 0 Å². The Morgan fingerprint density at radius 1 is 0.333 bits per heavy atom. The quantitative estimate of drug-likeness (QED) is 0.177. The van der Waals surface area contributed by atoms with E-state index in [1.54, 1.807) is 0 Å². The molecule has 13 rings (SSSR count). The van der Waals surface area contributed by atoms with E-state index in [0.29, 0.717) is 11.5 Å². The van der Waals surface area contributed by atoms with Crippen LogP contribution in [0.1, 0.15) is 0 Å². The van der Waals surface area contributed by atoms with Gasteiger partial charge in [0.1, 0.15) is 0 Å². The molecule has 0 aliphatic carbocycles. The van der Waals surface area contributed by atoms with Gasteiger partial charge in [-0.3, -0.25) is 0 Å². The normalized spacial score (nSPS) is 12.7. The van der Waals surface area contributed by atoms with Crippen LogP contribution in [0.4, 0.5) is 0 Å². The first-order chi connectivity index (χ1) is 26.8. The van der Waals surface area contributed by atoms with Crippen LogP contribution in [0.2, 0.25) is 0 Å². The average Bonchev–Trinajstić information content (AvgIpc) is 3.98. The third-order valence-electron chi connectivity index (χ3n) is 11.2. The summed E-state index contributed by atoms with van der Waals surface area (Å²) in [6, 6.07) is 56.5. The first kappa shape index (κ1) is 28.9. The molecule has 5 heterocycles. The molecule has 12 aromatic rings. The van der Waals surface area contributed by atoms with Crippen molar-refractivity contribution in [1.29, 1.82) is 0 Å². The fourth-order valence-corrected chi connectivity index (χ4v) is 11.4. The van der Waals surface area contributed by atoms with E-state index >= 15 is 0 Å². The second-order valence-corrected chi connectivity index (χ2v) is 16.1. The molecule has 0 unspecified atom stereocenters. The van der Waals surface area contributed by atoms with Crippen LogP contribution in [0.3, 0.4) is 0 Å². The zero-order chi connectivity index (χ0) is 35.1. The van der Waals surface area contributed by atoms with E-state index in [1.165, 1.54) is 51.7 Å². The van der Waals surface area contributed by atoms with Gasteiger partial charge in [0.15, 0.2) is 23.0 Å². The highest BCUT2D eigenvalue weighted by atomic mass is 32.1. The van der Waals surface area contributed by atoms with Gasteiger partial charge in [0, 0.05) is 41.7 Å². The Balaban J connectivity index is 1.04. The highest BCUT2D eigenvalue weighted by molar-refractivity contribution is 7.26. The third kappa shape index (κ3) is 3.71. The second kappa shape index (κ2) is 10.5. The molecule has 0 bridgehead atoms. The molecule has 1 aliphatic rings. The van der Waals surface area contributed by atoms with Crippen molar-refractivity contribution in [3.8, 4) is 34.4 Å². The molecule has 8 aromatic carbocycles. The lowest BCUT2D eigenvalue weighted by Crippen LogP contribution is -2.01. The number of benzene rings is 8. The van der Waals surface area contributed by atoms with E-state index in [4.69, 9.17) is 9.47 Å². The molecule has 0 fully saturated rings. The number of fused-ring (bicyclic) bond motifs is 16. The summed E-state index contributed by atoms with van der Waals surface area (Å²) >= 11 is 3.70. The van der Waals surface area contributed by atoms with Crippen molar-refractivity contribution < 1.29 is 9.47 Å². The van der Waals surface area contributed by atoms with Gasteiger partial charge >= 0.3 is 0 Å². The van der Waals surface area contributed by atoms with E-state index in [0.717, 1.165) is 55.1 Å². The van der Waals surface area contributed by atoms with E-state index in [-0.39, 0.29) is 0 Å². The smallest absolute Gasteiger partial charge is 0.180 e. The maximum absolute atomic E-state index is 7.02. The zero-order valence-corrected chi connectivity index (χ0v) is 30.2. The summed E-state index contributed by atoms with van der Waals surface area (Å²) in [6.07, 6.45) is 0. The van der Waals surface area contributed by atoms with E-state index in [1.807, 2.05) is 22.7 Å². The Kier molecular flexibility index (Phi) is 5.63. The summed E-state index contributed by atoms with van der Waals surface area (Å²) in [7, 11) is 0. The predicted molar refractivity (Wildman–Crippen MR) is 227 cm³/mol. The Morgan fingerprint density at radius 2 is 0.741 bits per heavy atom. The van der Waals surface area contributed by atoms with Gasteiger partial charge in [-0.1, -0.05) is 97.1 Å². The lowest BCUT2D eigenvalue weighted by atomic mass is 10.1. The molecule has 0 atom stereocenters. The lowest BCUT2D eigenvalue weighted by molar-refractivity contribution is 0.367. The van der Waals surface area contributed by atoms with Crippen molar-refractivity contribution >= 4 is 107 Å². The number of ether oxygens (including phenoxy) is 2. The van der Waals surface area contributed by atoms with Gasteiger partial charge in [-0.05, 0) is 60.7 Å². The summed E-state index contributed by atoms with van der Waals surface area (Å²) < 4.78 is 24.0. The first-order valence-electron chi connectivity index (χ1n) is 18.1. The largest absolute Gasteiger partial charge is 0.449 e. The number of hydrogen-bond donors (Lipinski definition) is 0. The number of rotatable bonds is 2. The molecule has 1 aliphatic heterocycles. The minimum atomic E-state index is 0.717. The Labute approximate surface area is 315 Å². The Bertz CT molecular complexity index is 3340. The average molecular weight is 727 g/mol. The van der Waals surface area contributed by atoms with Crippen LogP contribution in [0.15, 0.2) is 158 Å². The van der Waals surface area contributed by atoms with Crippen LogP contribution in [-0.4, -0.2) is 9.13 Å². The minimum absolute atomic E-state index is 0.717. The molecule has 0 saturated carbocycles. The molecule has 54 heavy (non-hydrogen) atoms. The minimum Gasteiger partial charge on any atom is -0.449 e. The highest BCUT2D eigenvalue weighted by Gasteiger charge is 2.29. The maximum Gasteiger partial charge on any atom is 0.180 e. The van der Waals surface area contributed by atoms with Gasteiger partial charge in [-0.2, -0.15) is 0 Å². The number of hydrogen-bond acceptors (Lipinski definition) is 4. The number of nitrogens with zero attached hydrogens (tertiary/aromatic N) is 2. The molecule has 6 heteroatoms. The molecule has 0 spiro atoms. The van der Waals surface area contributed by atoms with E-state index in [9.17, 15) is 0 Å². The van der Waals surface area contributed by atoms with Crippen molar-refractivity contribution in [2.75, 3.05) is 0 Å². The summed E-state index contributed by atoms with van der Waals surface area (Å²) in [5.74, 6) is 2.93. The van der Waals surface area contributed by atoms with Gasteiger partial charge in [-0.25, -0.2) is 0 Å². The number of para-hydroxylation sites is 2. The van der Waals surface area contributed by atoms with Crippen LogP contribution in [-0.2, 0) is 0 Å². The molecule has 252 valence electrons. The van der Waals surface area contributed by atoms with Crippen LogP contribution in [0, 0.1) is 0 Å². The fraction of sp³-hybridized carbons (Fsp3) is 0. The second-order valence-electron chi connectivity index (χ2n) is 14.0.